The molecule has 2 aromatic rings. The number of hydrogen-bond donors (Lipinski definition) is 0. The van der Waals surface area contributed by atoms with Crippen molar-refractivity contribution in [3.63, 3.8) is 0 Å². The van der Waals surface area contributed by atoms with Crippen LogP contribution in [0.2, 0.25) is 5.02 Å². The maximum atomic E-state index is 5.89. The molecule has 0 spiro atoms. The quantitative estimate of drug-likeness (QED) is 0.565. The highest BCUT2D eigenvalue weighted by Crippen LogP contribution is 2.25. The van der Waals surface area contributed by atoms with Crippen LogP contribution in [-0.2, 0) is 0 Å². The molecule has 1 aromatic carbocycles. The summed E-state index contributed by atoms with van der Waals surface area (Å²) in [7, 11) is 0. The molecule has 0 unspecified atom stereocenters. The molecule has 0 N–H and O–H groups in total. The first kappa shape index (κ1) is 6.20. The highest BCUT2D eigenvalue weighted by atomic mass is 35.5. The lowest BCUT2D eigenvalue weighted by molar-refractivity contribution is 1.84. The van der Waals surface area contributed by atoms with Crippen molar-refractivity contribution in [3.05, 3.63) is 34.0 Å². The summed E-state index contributed by atoms with van der Waals surface area (Å²) >= 11 is 7.44. The fraction of sp³-hybridized carbons (Fsp3) is 0. The molecule has 49 valence electrons. The molecule has 0 bridgehead atoms. The predicted octanol–water partition coefficient (Wildman–Crippen LogP) is 3.35. The Morgan fingerprint density at radius 2 is 2.30 bits per heavy atom. The van der Waals surface area contributed by atoms with E-state index in [1.54, 1.807) is 11.3 Å². The second-order valence-corrected chi connectivity index (χ2v) is 3.12. The Morgan fingerprint density at radius 3 is 3.10 bits per heavy atom. The molecule has 0 fully saturated rings. The van der Waals surface area contributed by atoms with E-state index in [-0.39, 0.29) is 0 Å². The van der Waals surface area contributed by atoms with Crippen LogP contribution in [0.5, 0.6) is 0 Å². The van der Waals surface area contributed by atoms with E-state index in [1.165, 1.54) is 0 Å². The third kappa shape index (κ3) is 0.825. The molecule has 0 aliphatic carbocycles. The molecule has 0 nitrogen and oxygen atoms in total. The molecule has 1 heterocycles. The molecular formula is C8H4ClS. The van der Waals surface area contributed by atoms with E-state index < -0.39 is 0 Å². The monoisotopic (exact) mass is 167 g/mol. The van der Waals surface area contributed by atoms with E-state index in [0.717, 1.165) is 15.8 Å². The average molecular weight is 168 g/mol. The maximum absolute atomic E-state index is 5.89. The Morgan fingerprint density at radius 1 is 1.40 bits per heavy atom. The van der Waals surface area contributed by atoms with Crippen LogP contribution in [0.25, 0.3) is 10.8 Å². The summed E-state index contributed by atoms with van der Waals surface area (Å²) in [4.78, 5) is 0. The first-order chi connectivity index (χ1) is 4.88. The van der Waals surface area contributed by atoms with Gasteiger partial charge in [-0.25, -0.2) is 0 Å². The van der Waals surface area contributed by atoms with Crippen LogP contribution in [0, 0.1) is 5.38 Å². The van der Waals surface area contributed by atoms with Gasteiger partial charge in [-0.3, -0.25) is 0 Å². The van der Waals surface area contributed by atoms with Gasteiger partial charge in [0.05, 0.1) is 5.38 Å². The van der Waals surface area contributed by atoms with Gasteiger partial charge in [0.1, 0.15) is 0 Å². The molecule has 10 heavy (non-hydrogen) atoms. The zero-order valence-corrected chi connectivity index (χ0v) is 6.67. The fourth-order valence-electron chi connectivity index (χ4n) is 0.898. The zero-order chi connectivity index (χ0) is 6.97. The van der Waals surface area contributed by atoms with Crippen LogP contribution >= 0.6 is 22.9 Å². The van der Waals surface area contributed by atoms with Crippen LogP contribution in [0.1, 0.15) is 0 Å². The van der Waals surface area contributed by atoms with E-state index >= 15 is 0 Å². The molecular weight excluding hydrogens is 164 g/mol. The van der Waals surface area contributed by atoms with Crippen molar-refractivity contribution in [3.8, 4) is 0 Å². The number of halogens is 1. The van der Waals surface area contributed by atoms with Gasteiger partial charge < -0.3 is 0 Å². The van der Waals surface area contributed by atoms with Crippen molar-refractivity contribution < 1.29 is 0 Å². The first-order valence-corrected chi connectivity index (χ1v) is 4.17. The first-order valence-electron chi connectivity index (χ1n) is 2.91. The van der Waals surface area contributed by atoms with E-state index in [9.17, 15) is 0 Å². The Balaban J connectivity index is 2.95. The summed E-state index contributed by atoms with van der Waals surface area (Å²) in [5.74, 6) is 0. The molecule has 2 heteroatoms. The Kier molecular flexibility index (Phi) is 1.40. The largest absolute Gasteiger partial charge is 0.142 e. The molecule has 0 atom stereocenters. The van der Waals surface area contributed by atoms with Crippen LogP contribution in [-0.4, -0.2) is 0 Å². The second-order valence-electron chi connectivity index (χ2n) is 2.04. The SMILES string of the molecule is Clc1cccc2[c]scc12. The number of rotatable bonds is 0. The number of thiophene rings is 1. The molecule has 0 saturated carbocycles. The van der Waals surface area contributed by atoms with Crippen LogP contribution in [0.4, 0.5) is 0 Å². The van der Waals surface area contributed by atoms with Gasteiger partial charge in [0, 0.05) is 21.2 Å². The highest BCUT2D eigenvalue weighted by molar-refractivity contribution is 7.08. The molecule has 1 aromatic heterocycles. The molecule has 2 rings (SSSR count). The highest BCUT2D eigenvalue weighted by Gasteiger charge is 1.96. The minimum atomic E-state index is 0.815. The van der Waals surface area contributed by atoms with Crippen molar-refractivity contribution in [1.29, 1.82) is 0 Å². The predicted molar refractivity (Wildman–Crippen MR) is 45.7 cm³/mol. The Labute approximate surface area is 68.1 Å². The lowest BCUT2D eigenvalue weighted by Gasteiger charge is -1.89. The second kappa shape index (κ2) is 2.26. The van der Waals surface area contributed by atoms with Crippen LogP contribution < -0.4 is 0 Å². The van der Waals surface area contributed by atoms with Crippen molar-refractivity contribution in [1.82, 2.24) is 0 Å². The topological polar surface area (TPSA) is 0 Å². The van der Waals surface area contributed by atoms with E-state index in [0.29, 0.717) is 0 Å². The summed E-state index contributed by atoms with van der Waals surface area (Å²) in [6, 6.07) is 5.84. The molecule has 0 saturated heterocycles. The third-order valence-corrected chi connectivity index (χ3v) is 2.42. The van der Waals surface area contributed by atoms with E-state index in [4.69, 9.17) is 11.6 Å². The minimum Gasteiger partial charge on any atom is -0.142 e. The van der Waals surface area contributed by atoms with E-state index in [1.807, 2.05) is 23.6 Å². The Bertz CT molecular complexity index is 351. The standard InChI is InChI=1S/C8H4ClS/c9-8-3-1-2-6-4-10-5-7(6)8/h1-3,5H. The molecule has 0 aliphatic rings. The van der Waals surface area contributed by atoms with Gasteiger partial charge in [0.15, 0.2) is 0 Å². The van der Waals surface area contributed by atoms with Gasteiger partial charge in [-0.1, -0.05) is 23.7 Å². The van der Waals surface area contributed by atoms with Gasteiger partial charge >= 0.3 is 0 Å². The summed E-state index contributed by atoms with van der Waals surface area (Å²) in [6.45, 7) is 0. The van der Waals surface area contributed by atoms with Crippen molar-refractivity contribution in [2.45, 2.75) is 0 Å². The van der Waals surface area contributed by atoms with Gasteiger partial charge in [0.25, 0.3) is 0 Å². The molecule has 0 aliphatic heterocycles. The smallest absolute Gasteiger partial charge is 0.0528 e. The average Bonchev–Trinajstić information content (AvgIpc) is 2.36. The summed E-state index contributed by atoms with van der Waals surface area (Å²) in [5, 5.41) is 8.16. The normalized spacial score (nSPS) is 10.5. The zero-order valence-electron chi connectivity index (χ0n) is 5.10. The third-order valence-electron chi connectivity index (χ3n) is 1.40. The summed E-state index contributed by atoms with van der Waals surface area (Å²) in [5.41, 5.74) is 0. The maximum Gasteiger partial charge on any atom is 0.0528 e. The van der Waals surface area contributed by atoms with Gasteiger partial charge in [-0.05, 0) is 6.07 Å². The number of fused-ring (bicyclic) bond motifs is 1. The number of benzene rings is 1. The van der Waals surface area contributed by atoms with Crippen LogP contribution in [0.15, 0.2) is 23.6 Å². The number of hydrogen-bond acceptors (Lipinski definition) is 1. The van der Waals surface area contributed by atoms with Crippen molar-refractivity contribution in [2.75, 3.05) is 0 Å². The summed E-state index contributed by atoms with van der Waals surface area (Å²) < 4.78 is 0. The molecule has 1 radical (unpaired) electrons. The lowest BCUT2D eigenvalue weighted by Crippen LogP contribution is -1.63. The molecule has 0 amide bonds. The summed E-state index contributed by atoms with van der Waals surface area (Å²) in [6.07, 6.45) is 0. The van der Waals surface area contributed by atoms with Gasteiger partial charge in [0.2, 0.25) is 0 Å². The van der Waals surface area contributed by atoms with Gasteiger partial charge in [-0.15, -0.1) is 11.3 Å². The minimum absolute atomic E-state index is 0.815. The Hall–Kier alpha value is -0.530. The van der Waals surface area contributed by atoms with Gasteiger partial charge in [-0.2, -0.15) is 0 Å². The fourth-order valence-corrected chi connectivity index (χ4v) is 1.93. The van der Waals surface area contributed by atoms with Crippen molar-refractivity contribution >= 4 is 33.7 Å². The lowest BCUT2D eigenvalue weighted by atomic mass is 10.2. The van der Waals surface area contributed by atoms with Crippen molar-refractivity contribution in [2.24, 2.45) is 0 Å². The van der Waals surface area contributed by atoms with E-state index in [2.05, 4.69) is 5.38 Å². The van der Waals surface area contributed by atoms with Crippen LogP contribution in [0.3, 0.4) is 0 Å².